The minimum atomic E-state index is 0.244. The van der Waals surface area contributed by atoms with E-state index in [1.54, 1.807) is 11.2 Å². The molecule has 0 spiro atoms. The molecule has 1 amide bonds. The third kappa shape index (κ3) is 11.4. The molecule has 1 aliphatic heterocycles. The molecule has 0 fully saturated rings. The Morgan fingerprint density at radius 3 is 2.08 bits per heavy atom. The van der Waals surface area contributed by atoms with Crippen LogP contribution in [0.2, 0.25) is 0 Å². The average molecular weight is 335 g/mol. The molecular formula is C21H38N2O. The lowest BCUT2D eigenvalue weighted by molar-refractivity contribution is -0.126. The van der Waals surface area contributed by atoms with Crippen LogP contribution in [-0.4, -0.2) is 30.2 Å². The fourth-order valence-corrected chi connectivity index (χ4v) is 3.06. The number of aliphatic imine (C=N–C) groups is 1. The molecule has 0 saturated heterocycles. The van der Waals surface area contributed by atoms with Gasteiger partial charge in [0.05, 0.1) is 12.9 Å². The SMILES string of the molecule is CCCCCCCCC=CCCCCCCCC(=O)N1C=NCC1. The van der Waals surface area contributed by atoms with Crippen molar-refractivity contribution in [2.24, 2.45) is 4.99 Å². The second-order valence-corrected chi connectivity index (χ2v) is 6.94. The molecule has 1 heterocycles. The Morgan fingerprint density at radius 2 is 1.50 bits per heavy atom. The number of allylic oxidation sites excluding steroid dienone is 2. The highest BCUT2D eigenvalue weighted by Crippen LogP contribution is 2.10. The van der Waals surface area contributed by atoms with Gasteiger partial charge in [0.2, 0.25) is 5.91 Å². The Balaban J connectivity index is 1.77. The summed E-state index contributed by atoms with van der Waals surface area (Å²) in [5, 5.41) is 0. The van der Waals surface area contributed by atoms with E-state index in [9.17, 15) is 4.79 Å². The molecule has 1 aliphatic rings. The maximum atomic E-state index is 11.8. The molecule has 0 aromatic heterocycles. The Bertz CT molecular complexity index is 363. The highest BCUT2D eigenvalue weighted by atomic mass is 16.2. The quantitative estimate of drug-likeness (QED) is 0.271. The van der Waals surface area contributed by atoms with Crippen LogP contribution in [0.15, 0.2) is 17.1 Å². The normalized spacial score (nSPS) is 14.1. The predicted molar refractivity (Wildman–Crippen MR) is 105 cm³/mol. The average Bonchev–Trinajstić information content (AvgIpc) is 3.13. The molecule has 1 rings (SSSR count). The summed E-state index contributed by atoms with van der Waals surface area (Å²) < 4.78 is 0. The van der Waals surface area contributed by atoms with Crippen molar-refractivity contribution in [3.8, 4) is 0 Å². The van der Waals surface area contributed by atoms with Crippen LogP contribution in [0.1, 0.15) is 96.8 Å². The molecule has 0 N–H and O–H groups in total. The summed E-state index contributed by atoms with van der Waals surface area (Å²) in [5.41, 5.74) is 0. The van der Waals surface area contributed by atoms with Crippen LogP contribution in [0.25, 0.3) is 0 Å². The van der Waals surface area contributed by atoms with Crippen molar-refractivity contribution in [3.63, 3.8) is 0 Å². The standard InChI is InChI=1S/C21H38N2O/c1-2-3-4-5-6-7-8-9-10-11-12-13-14-15-16-17-21(24)23-19-18-22-20-23/h9-10,20H,2-8,11-19H2,1H3. The molecule has 138 valence electrons. The van der Waals surface area contributed by atoms with E-state index in [2.05, 4.69) is 24.1 Å². The highest BCUT2D eigenvalue weighted by Gasteiger charge is 2.13. The first-order chi connectivity index (χ1) is 11.8. The van der Waals surface area contributed by atoms with Gasteiger partial charge in [-0.15, -0.1) is 0 Å². The highest BCUT2D eigenvalue weighted by molar-refractivity contribution is 5.88. The zero-order valence-corrected chi connectivity index (χ0v) is 15.8. The van der Waals surface area contributed by atoms with Crippen molar-refractivity contribution in [1.29, 1.82) is 0 Å². The molecule has 0 atom stereocenters. The van der Waals surface area contributed by atoms with Gasteiger partial charge in [0.15, 0.2) is 0 Å². The molecule has 0 bridgehead atoms. The van der Waals surface area contributed by atoms with Crippen molar-refractivity contribution < 1.29 is 4.79 Å². The van der Waals surface area contributed by atoms with E-state index in [1.807, 2.05) is 0 Å². The molecule has 0 aromatic carbocycles. The number of hydrogen-bond donors (Lipinski definition) is 0. The molecule has 3 heteroatoms. The van der Waals surface area contributed by atoms with Gasteiger partial charge in [-0.05, 0) is 32.1 Å². The summed E-state index contributed by atoms with van der Waals surface area (Å²) in [4.78, 5) is 17.6. The minimum Gasteiger partial charge on any atom is -0.301 e. The van der Waals surface area contributed by atoms with E-state index in [-0.39, 0.29) is 5.91 Å². The molecule has 24 heavy (non-hydrogen) atoms. The second-order valence-electron chi connectivity index (χ2n) is 6.94. The number of carbonyl (C=O) groups is 1. The van der Waals surface area contributed by atoms with E-state index in [1.165, 1.54) is 77.0 Å². The van der Waals surface area contributed by atoms with Crippen molar-refractivity contribution in [3.05, 3.63) is 12.2 Å². The number of rotatable bonds is 15. The van der Waals surface area contributed by atoms with Gasteiger partial charge in [0.25, 0.3) is 0 Å². The Morgan fingerprint density at radius 1 is 0.917 bits per heavy atom. The lowest BCUT2D eigenvalue weighted by atomic mass is 10.1. The van der Waals surface area contributed by atoms with Gasteiger partial charge in [0.1, 0.15) is 0 Å². The van der Waals surface area contributed by atoms with Crippen molar-refractivity contribution in [2.45, 2.75) is 96.8 Å². The second kappa shape index (κ2) is 15.4. The van der Waals surface area contributed by atoms with Gasteiger partial charge in [-0.25, -0.2) is 0 Å². The first-order valence-corrected chi connectivity index (χ1v) is 10.3. The summed E-state index contributed by atoms with van der Waals surface area (Å²) in [6.07, 6.45) is 24.0. The summed E-state index contributed by atoms with van der Waals surface area (Å²) in [6.45, 7) is 3.83. The molecule has 0 aromatic rings. The van der Waals surface area contributed by atoms with E-state index >= 15 is 0 Å². The number of hydrogen-bond acceptors (Lipinski definition) is 2. The van der Waals surface area contributed by atoms with Crippen LogP contribution in [0, 0.1) is 0 Å². The molecule has 0 radical (unpaired) electrons. The van der Waals surface area contributed by atoms with Gasteiger partial charge in [-0.2, -0.15) is 0 Å². The Labute approximate surface area is 149 Å². The van der Waals surface area contributed by atoms with Crippen molar-refractivity contribution >= 4 is 12.2 Å². The van der Waals surface area contributed by atoms with Crippen LogP contribution < -0.4 is 0 Å². The van der Waals surface area contributed by atoms with Gasteiger partial charge < -0.3 is 4.90 Å². The lowest BCUT2D eigenvalue weighted by Gasteiger charge is -2.11. The third-order valence-corrected chi connectivity index (χ3v) is 4.66. The van der Waals surface area contributed by atoms with Crippen LogP contribution in [0.4, 0.5) is 0 Å². The largest absolute Gasteiger partial charge is 0.301 e. The van der Waals surface area contributed by atoms with Gasteiger partial charge >= 0.3 is 0 Å². The minimum absolute atomic E-state index is 0.244. The fourth-order valence-electron chi connectivity index (χ4n) is 3.06. The van der Waals surface area contributed by atoms with Gasteiger partial charge in [-0.3, -0.25) is 9.79 Å². The molecule has 0 saturated carbocycles. The number of unbranched alkanes of at least 4 members (excludes halogenated alkanes) is 11. The summed E-state index contributed by atoms with van der Waals surface area (Å²) in [6, 6.07) is 0. The van der Waals surface area contributed by atoms with Gasteiger partial charge in [0, 0.05) is 13.0 Å². The van der Waals surface area contributed by atoms with E-state index < -0.39 is 0 Å². The maximum absolute atomic E-state index is 11.8. The summed E-state index contributed by atoms with van der Waals surface area (Å²) in [5.74, 6) is 0.244. The predicted octanol–water partition coefficient (Wildman–Crippen LogP) is 5.89. The summed E-state index contributed by atoms with van der Waals surface area (Å²) in [7, 11) is 0. The molecule has 0 aliphatic carbocycles. The van der Waals surface area contributed by atoms with E-state index in [4.69, 9.17) is 0 Å². The maximum Gasteiger partial charge on any atom is 0.227 e. The smallest absolute Gasteiger partial charge is 0.227 e. The van der Waals surface area contributed by atoms with E-state index in [0.717, 1.165) is 19.5 Å². The molecule has 0 unspecified atom stereocenters. The van der Waals surface area contributed by atoms with Crippen molar-refractivity contribution in [2.75, 3.05) is 13.1 Å². The third-order valence-electron chi connectivity index (χ3n) is 4.66. The van der Waals surface area contributed by atoms with Crippen molar-refractivity contribution in [1.82, 2.24) is 4.90 Å². The van der Waals surface area contributed by atoms with Gasteiger partial charge in [-0.1, -0.05) is 70.4 Å². The number of amides is 1. The van der Waals surface area contributed by atoms with Crippen LogP contribution in [0.5, 0.6) is 0 Å². The fraction of sp³-hybridized carbons (Fsp3) is 0.810. The van der Waals surface area contributed by atoms with Crippen LogP contribution in [-0.2, 0) is 4.79 Å². The zero-order valence-electron chi connectivity index (χ0n) is 15.8. The molecular weight excluding hydrogens is 296 g/mol. The van der Waals surface area contributed by atoms with Crippen LogP contribution >= 0.6 is 0 Å². The zero-order chi connectivity index (χ0) is 17.3. The monoisotopic (exact) mass is 334 g/mol. The Kier molecular flexibility index (Phi) is 13.4. The van der Waals surface area contributed by atoms with E-state index in [0.29, 0.717) is 6.42 Å². The molecule has 3 nitrogen and oxygen atoms in total. The van der Waals surface area contributed by atoms with Crippen LogP contribution in [0.3, 0.4) is 0 Å². The topological polar surface area (TPSA) is 32.7 Å². The Hall–Kier alpha value is -1.12. The number of carbonyl (C=O) groups excluding carboxylic acids is 1. The first kappa shape index (κ1) is 20.9. The number of nitrogens with zero attached hydrogens (tertiary/aromatic N) is 2. The summed E-state index contributed by atoms with van der Waals surface area (Å²) >= 11 is 0. The first-order valence-electron chi connectivity index (χ1n) is 10.3. The lowest BCUT2D eigenvalue weighted by Crippen LogP contribution is -2.27.